The Kier molecular flexibility index (Phi) is 6.53. The average molecular weight is 342 g/mol. The molecule has 0 radical (unpaired) electrons. The van der Waals surface area contributed by atoms with Crippen LogP contribution in [0.15, 0.2) is 42.5 Å². The zero-order valence-electron chi connectivity index (χ0n) is 14.5. The molecule has 2 aromatic rings. The van der Waals surface area contributed by atoms with Gasteiger partial charge in [0.25, 0.3) is 0 Å². The standard InChI is InChI=1S/C20H26N2O3/c1-13(7-2-5-12-17(21)20(24)25)18(19(22)23)16-11-6-9-14-8-3-4-10-15(14)16/h3-4,6,8-11,13,17-18H,2,5,7,12,21H2,1H3,(H2,22,23)(H,24,25). The van der Waals surface area contributed by atoms with Crippen LogP contribution in [0, 0.1) is 5.92 Å². The summed E-state index contributed by atoms with van der Waals surface area (Å²) in [5.74, 6) is -1.59. The maximum Gasteiger partial charge on any atom is 0.320 e. The monoisotopic (exact) mass is 342 g/mol. The van der Waals surface area contributed by atoms with Gasteiger partial charge in [0.2, 0.25) is 5.91 Å². The lowest BCUT2D eigenvalue weighted by atomic mass is 9.81. The fourth-order valence-corrected chi connectivity index (χ4v) is 3.38. The molecule has 25 heavy (non-hydrogen) atoms. The predicted octanol–water partition coefficient (Wildman–Crippen LogP) is 3.02. The molecule has 0 saturated heterocycles. The Morgan fingerprint density at radius 2 is 1.68 bits per heavy atom. The summed E-state index contributed by atoms with van der Waals surface area (Å²) in [4.78, 5) is 22.9. The Hall–Kier alpha value is -2.40. The number of hydrogen-bond donors (Lipinski definition) is 3. The smallest absolute Gasteiger partial charge is 0.320 e. The van der Waals surface area contributed by atoms with Gasteiger partial charge in [-0.05, 0) is 35.1 Å². The van der Waals surface area contributed by atoms with E-state index in [1.165, 1.54) is 0 Å². The molecule has 0 aliphatic heterocycles. The van der Waals surface area contributed by atoms with Crippen molar-refractivity contribution in [3.8, 4) is 0 Å². The van der Waals surface area contributed by atoms with E-state index < -0.39 is 12.0 Å². The third kappa shape index (κ3) is 4.79. The SMILES string of the molecule is CC(CCCCC(N)C(=O)O)C(C(N)=O)c1cccc2ccccc12. The van der Waals surface area contributed by atoms with E-state index in [1.807, 2.05) is 49.4 Å². The van der Waals surface area contributed by atoms with Crippen LogP contribution in [0.3, 0.4) is 0 Å². The maximum absolute atomic E-state index is 12.1. The van der Waals surface area contributed by atoms with Crippen molar-refractivity contribution < 1.29 is 14.7 Å². The number of carboxylic acids is 1. The Labute approximate surface area is 148 Å². The number of carbonyl (C=O) groups excluding carboxylic acids is 1. The van der Waals surface area contributed by atoms with Crippen LogP contribution in [0.2, 0.25) is 0 Å². The van der Waals surface area contributed by atoms with Crippen molar-refractivity contribution in [2.75, 3.05) is 0 Å². The van der Waals surface area contributed by atoms with Gasteiger partial charge in [-0.3, -0.25) is 9.59 Å². The van der Waals surface area contributed by atoms with Crippen molar-refractivity contribution in [2.24, 2.45) is 17.4 Å². The summed E-state index contributed by atoms with van der Waals surface area (Å²) in [6.45, 7) is 2.02. The highest BCUT2D eigenvalue weighted by atomic mass is 16.4. The molecule has 0 heterocycles. The first-order chi connectivity index (χ1) is 11.9. The molecule has 5 nitrogen and oxygen atoms in total. The van der Waals surface area contributed by atoms with Gasteiger partial charge in [-0.1, -0.05) is 62.2 Å². The van der Waals surface area contributed by atoms with E-state index in [0.717, 1.165) is 35.6 Å². The third-order valence-corrected chi connectivity index (χ3v) is 4.78. The van der Waals surface area contributed by atoms with E-state index >= 15 is 0 Å². The molecule has 5 N–H and O–H groups in total. The van der Waals surface area contributed by atoms with Crippen LogP contribution >= 0.6 is 0 Å². The van der Waals surface area contributed by atoms with Gasteiger partial charge in [0, 0.05) is 0 Å². The highest BCUT2D eigenvalue weighted by Gasteiger charge is 2.26. The molecular weight excluding hydrogens is 316 g/mol. The van der Waals surface area contributed by atoms with E-state index in [9.17, 15) is 9.59 Å². The Morgan fingerprint density at radius 1 is 1.04 bits per heavy atom. The molecule has 0 spiro atoms. The second kappa shape index (κ2) is 8.62. The molecule has 134 valence electrons. The first kappa shape index (κ1) is 18.9. The van der Waals surface area contributed by atoms with Gasteiger partial charge in [-0.2, -0.15) is 0 Å². The average Bonchev–Trinajstić information content (AvgIpc) is 2.58. The molecule has 1 amide bonds. The minimum absolute atomic E-state index is 0.0735. The predicted molar refractivity (Wildman–Crippen MR) is 99.1 cm³/mol. The lowest BCUT2D eigenvalue weighted by Gasteiger charge is -2.23. The van der Waals surface area contributed by atoms with Crippen molar-refractivity contribution in [3.05, 3.63) is 48.0 Å². The fraction of sp³-hybridized carbons (Fsp3) is 0.400. The largest absolute Gasteiger partial charge is 0.480 e. The zero-order chi connectivity index (χ0) is 18.4. The van der Waals surface area contributed by atoms with Gasteiger partial charge in [0.05, 0.1) is 5.92 Å². The van der Waals surface area contributed by atoms with Crippen LogP contribution in [0.4, 0.5) is 0 Å². The van der Waals surface area contributed by atoms with Crippen molar-refractivity contribution in [3.63, 3.8) is 0 Å². The van der Waals surface area contributed by atoms with Crippen LogP contribution in [-0.2, 0) is 9.59 Å². The zero-order valence-corrected chi connectivity index (χ0v) is 14.5. The first-order valence-electron chi connectivity index (χ1n) is 8.67. The van der Waals surface area contributed by atoms with Crippen LogP contribution in [0.1, 0.15) is 44.1 Å². The molecule has 0 aliphatic rings. The highest BCUT2D eigenvalue weighted by Crippen LogP contribution is 2.33. The van der Waals surface area contributed by atoms with Gasteiger partial charge < -0.3 is 16.6 Å². The summed E-state index contributed by atoms with van der Waals surface area (Å²) < 4.78 is 0. The molecule has 0 aliphatic carbocycles. The third-order valence-electron chi connectivity index (χ3n) is 4.78. The number of carbonyl (C=O) groups is 2. The number of unbranched alkanes of at least 4 members (excludes halogenated alkanes) is 1. The second-order valence-corrected chi connectivity index (χ2v) is 6.65. The molecule has 5 heteroatoms. The molecule has 2 aromatic carbocycles. The lowest BCUT2D eigenvalue weighted by Crippen LogP contribution is -2.30. The van der Waals surface area contributed by atoms with Gasteiger partial charge >= 0.3 is 5.97 Å². The van der Waals surface area contributed by atoms with Crippen LogP contribution in [-0.4, -0.2) is 23.0 Å². The summed E-state index contributed by atoms with van der Waals surface area (Å²) in [6, 6.07) is 13.1. The van der Waals surface area contributed by atoms with Crippen molar-refractivity contribution in [1.29, 1.82) is 0 Å². The van der Waals surface area contributed by atoms with Crippen molar-refractivity contribution in [1.82, 2.24) is 0 Å². The van der Waals surface area contributed by atoms with E-state index in [2.05, 4.69) is 0 Å². The quantitative estimate of drug-likeness (QED) is 0.609. The summed E-state index contributed by atoms with van der Waals surface area (Å²) in [5.41, 5.74) is 12.2. The summed E-state index contributed by atoms with van der Waals surface area (Å²) in [7, 11) is 0. The molecule has 0 saturated carbocycles. The minimum Gasteiger partial charge on any atom is -0.480 e. The molecular formula is C20H26N2O3. The van der Waals surface area contributed by atoms with Gasteiger partial charge in [0.1, 0.15) is 6.04 Å². The number of amides is 1. The van der Waals surface area contributed by atoms with Gasteiger partial charge in [-0.25, -0.2) is 0 Å². The summed E-state index contributed by atoms with van der Waals surface area (Å²) >= 11 is 0. The Balaban J connectivity index is 2.09. The van der Waals surface area contributed by atoms with Crippen molar-refractivity contribution in [2.45, 2.75) is 44.6 Å². The van der Waals surface area contributed by atoms with Crippen LogP contribution in [0.5, 0.6) is 0 Å². The number of benzene rings is 2. The van der Waals surface area contributed by atoms with E-state index in [4.69, 9.17) is 16.6 Å². The number of hydrogen-bond acceptors (Lipinski definition) is 3. The fourth-order valence-electron chi connectivity index (χ4n) is 3.38. The number of fused-ring (bicyclic) bond motifs is 1. The van der Waals surface area contributed by atoms with Crippen LogP contribution < -0.4 is 11.5 Å². The first-order valence-corrected chi connectivity index (χ1v) is 8.67. The van der Waals surface area contributed by atoms with Gasteiger partial charge in [-0.15, -0.1) is 0 Å². The molecule has 3 atom stereocenters. The summed E-state index contributed by atoms with van der Waals surface area (Å²) in [5, 5.41) is 11.0. The molecule has 0 fully saturated rings. The van der Waals surface area contributed by atoms with E-state index in [1.54, 1.807) is 0 Å². The minimum atomic E-state index is -0.973. The number of rotatable bonds is 9. The second-order valence-electron chi connectivity index (χ2n) is 6.65. The summed E-state index contributed by atoms with van der Waals surface area (Å²) in [6.07, 6.45) is 2.77. The van der Waals surface area contributed by atoms with E-state index in [0.29, 0.717) is 6.42 Å². The highest BCUT2D eigenvalue weighted by molar-refractivity contribution is 5.92. The van der Waals surface area contributed by atoms with Gasteiger partial charge in [0.15, 0.2) is 0 Å². The normalized spacial score (nSPS) is 14.8. The van der Waals surface area contributed by atoms with Crippen molar-refractivity contribution >= 4 is 22.6 Å². The Morgan fingerprint density at radius 3 is 2.36 bits per heavy atom. The molecule has 2 rings (SSSR count). The number of aliphatic carboxylic acids is 1. The Bertz CT molecular complexity index is 739. The van der Waals surface area contributed by atoms with E-state index in [-0.39, 0.29) is 17.7 Å². The molecule has 0 bridgehead atoms. The lowest BCUT2D eigenvalue weighted by molar-refractivity contribution is -0.138. The van der Waals surface area contributed by atoms with Crippen LogP contribution in [0.25, 0.3) is 10.8 Å². The number of nitrogens with two attached hydrogens (primary N) is 2. The molecule has 3 unspecified atom stereocenters. The molecule has 0 aromatic heterocycles. The topological polar surface area (TPSA) is 106 Å². The number of carboxylic acid groups (broad SMARTS) is 1. The maximum atomic E-state index is 12.1. The number of primary amides is 1.